The summed E-state index contributed by atoms with van der Waals surface area (Å²) in [7, 11) is 0. The fraction of sp³-hybridized carbons (Fsp3) is 0.250. The molecule has 1 aliphatic carbocycles. The van der Waals surface area contributed by atoms with Gasteiger partial charge in [-0.25, -0.2) is 4.98 Å². The van der Waals surface area contributed by atoms with E-state index in [4.69, 9.17) is 0 Å². The number of carboxylic acids is 1. The van der Waals surface area contributed by atoms with E-state index in [0.29, 0.717) is 17.9 Å². The molecule has 0 bridgehead atoms. The van der Waals surface area contributed by atoms with Gasteiger partial charge in [-0.2, -0.15) is 0 Å². The molecule has 1 N–H and O–H groups in total. The number of aliphatic carboxylic acids is 1. The third-order valence-electron chi connectivity index (χ3n) is 5.06. The molecule has 1 aromatic carbocycles. The molecule has 1 aromatic heterocycles. The Balaban J connectivity index is 1.69. The van der Waals surface area contributed by atoms with Crippen LogP contribution in [0.25, 0.3) is 18.2 Å². The van der Waals surface area contributed by atoms with E-state index >= 15 is 0 Å². The van der Waals surface area contributed by atoms with Crippen LogP contribution in [-0.4, -0.2) is 20.6 Å². The molecule has 2 unspecified atom stereocenters. The van der Waals surface area contributed by atoms with Crippen molar-refractivity contribution in [2.24, 2.45) is 5.41 Å². The first-order chi connectivity index (χ1) is 11.9. The lowest BCUT2D eigenvalue weighted by atomic mass is 10.0. The van der Waals surface area contributed by atoms with Crippen molar-refractivity contribution in [3.8, 4) is 0 Å². The van der Waals surface area contributed by atoms with Crippen LogP contribution in [0.5, 0.6) is 0 Å². The zero-order chi connectivity index (χ0) is 17.8. The number of nitrogens with zero attached hydrogens (tertiary/aromatic N) is 2. The molecule has 0 spiro atoms. The molecule has 25 heavy (non-hydrogen) atoms. The van der Waals surface area contributed by atoms with Gasteiger partial charge in [0.2, 0.25) is 0 Å². The van der Waals surface area contributed by atoms with E-state index in [9.17, 15) is 14.7 Å². The number of benzene rings is 1. The summed E-state index contributed by atoms with van der Waals surface area (Å²) in [5.41, 5.74) is 2.89. The van der Waals surface area contributed by atoms with E-state index in [-0.39, 0.29) is 11.6 Å². The number of rotatable bonds is 3. The van der Waals surface area contributed by atoms with E-state index in [1.165, 1.54) is 16.2 Å². The van der Waals surface area contributed by atoms with E-state index in [1.54, 1.807) is 12.2 Å². The molecule has 126 valence electrons. The maximum Gasteiger partial charge on any atom is 0.315 e. The summed E-state index contributed by atoms with van der Waals surface area (Å²) >= 11 is 0. The normalized spacial score (nSPS) is 23.4. The van der Waals surface area contributed by atoms with Crippen LogP contribution in [0, 0.1) is 19.3 Å². The fourth-order valence-corrected chi connectivity index (χ4v) is 3.52. The number of aromatic nitrogens is 2. The molecule has 2 aromatic rings. The largest absolute Gasteiger partial charge is 0.481 e. The van der Waals surface area contributed by atoms with Crippen molar-refractivity contribution in [1.29, 1.82) is 0 Å². The number of carbonyl (C=O) groups is 1. The van der Waals surface area contributed by atoms with Crippen molar-refractivity contribution in [2.45, 2.75) is 26.3 Å². The Bertz CT molecular complexity index is 1020. The van der Waals surface area contributed by atoms with Gasteiger partial charge in [-0.05, 0) is 43.5 Å². The lowest BCUT2D eigenvalue weighted by molar-refractivity contribution is -0.141. The molecule has 5 nitrogen and oxygen atoms in total. The highest BCUT2D eigenvalue weighted by Crippen LogP contribution is 2.59. The van der Waals surface area contributed by atoms with E-state index in [2.05, 4.69) is 11.1 Å². The summed E-state index contributed by atoms with van der Waals surface area (Å²) < 4.78 is 1.50. The molecule has 1 aliphatic heterocycles. The molecule has 2 heterocycles. The molecule has 5 heteroatoms. The van der Waals surface area contributed by atoms with Crippen molar-refractivity contribution in [2.75, 3.05) is 0 Å². The van der Waals surface area contributed by atoms with Crippen LogP contribution in [0.3, 0.4) is 0 Å². The fourth-order valence-electron chi connectivity index (χ4n) is 3.52. The molecule has 1 fully saturated rings. The summed E-state index contributed by atoms with van der Waals surface area (Å²) in [6.07, 6.45) is 7.52. The molecule has 2 atom stereocenters. The van der Waals surface area contributed by atoms with Crippen LogP contribution >= 0.6 is 0 Å². The Morgan fingerprint density at radius 2 is 2.12 bits per heavy atom. The Hall–Kier alpha value is -2.95. The van der Waals surface area contributed by atoms with E-state index in [0.717, 1.165) is 11.1 Å². The lowest BCUT2D eigenvalue weighted by Crippen LogP contribution is -2.29. The first-order valence-corrected chi connectivity index (χ1v) is 8.22. The highest BCUT2D eigenvalue weighted by Gasteiger charge is 2.62. The predicted molar refractivity (Wildman–Crippen MR) is 96.1 cm³/mol. The Morgan fingerprint density at radius 3 is 2.84 bits per heavy atom. The SMILES string of the molecule is Cc1ccc(/C=C/c2cc(=O)n3c(n2)C=CC2(C(=O)O)CC32)c(C)c1. The molecule has 4 rings (SSSR count). The average Bonchev–Trinajstić information content (AvgIpc) is 3.30. The minimum Gasteiger partial charge on any atom is -0.481 e. The maximum absolute atomic E-state index is 12.5. The molecular formula is C20H18N2O3. The van der Waals surface area contributed by atoms with Gasteiger partial charge in [0.15, 0.2) is 0 Å². The average molecular weight is 334 g/mol. The van der Waals surface area contributed by atoms with Gasteiger partial charge in [0, 0.05) is 6.07 Å². The van der Waals surface area contributed by atoms with Crippen LogP contribution in [0.1, 0.15) is 40.7 Å². The van der Waals surface area contributed by atoms with Crippen molar-refractivity contribution in [3.05, 3.63) is 68.9 Å². The van der Waals surface area contributed by atoms with Crippen molar-refractivity contribution < 1.29 is 9.90 Å². The minimum atomic E-state index is -0.922. The second-order valence-electron chi connectivity index (χ2n) is 6.84. The Morgan fingerprint density at radius 1 is 1.32 bits per heavy atom. The van der Waals surface area contributed by atoms with Crippen LogP contribution in [0.4, 0.5) is 0 Å². The second-order valence-corrected chi connectivity index (χ2v) is 6.84. The maximum atomic E-state index is 12.5. The van der Waals surface area contributed by atoms with Gasteiger partial charge in [-0.15, -0.1) is 0 Å². The molecule has 0 radical (unpaired) electrons. The first kappa shape index (κ1) is 15.6. The number of hydrogen-bond donors (Lipinski definition) is 1. The molecule has 2 aliphatic rings. The number of aryl methyl sites for hydroxylation is 2. The zero-order valence-electron chi connectivity index (χ0n) is 14.1. The summed E-state index contributed by atoms with van der Waals surface area (Å²) in [6.45, 7) is 4.09. The van der Waals surface area contributed by atoms with Gasteiger partial charge in [0.05, 0.1) is 11.7 Å². The van der Waals surface area contributed by atoms with Crippen molar-refractivity contribution in [1.82, 2.24) is 9.55 Å². The predicted octanol–water partition coefficient (Wildman–Crippen LogP) is 3.07. The van der Waals surface area contributed by atoms with Gasteiger partial charge in [0.25, 0.3) is 5.56 Å². The van der Waals surface area contributed by atoms with Crippen LogP contribution in [0.15, 0.2) is 35.1 Å². The minimum absolute atomic E-state index is 0.206. The Kier molecular flexibility index (Phi) is 3.29. The molecule has 1 saturated carbocycles. The van der Waals surface area contributed by atoms with Gasteiger partial charge in [-0.1, -0.05) is 35.9 Å². The number of hydrogen-bond acceptors (Lipinski definition) is 3. The monoisotopic (exact) mass is 334 g/mol. The Labute approximate surface area is 145 Å². The smallest absolute Gasteiger partial charge is 0.315 e. The van der Waals surface area contributed by atoms with Gasteiger partial charge < -0.3 is 5.11 Å². The van der Waals surface area contributed by atoms with Gasteiger partial charge in [0.1, 0.15) is 11.2 Å². The summed E-state index contributed by atoms with van der Waals surface area (Å²) in [5, 5.41) is 9.37. The number of carboxylic acid groups (broad SMARTS) is 1. The van der Waals surface area contributed by atoms with Crippen LogP contribution < -0.4 is 5.56 Å². The van der Waals surface area contributed by atoms with Crippen molar-refractivity contribution >= 4 is 24.2 Å². The highest BCUT2D eigenvalue weighted by atomic mass is 16.4. The number of fused-ring (bicyclic) bond motifs is 3. The summed E-state index contributed by atoms with van der Waals surface area (Å²) in [5.74, 6) is -0.364. The van der Waals surface area contributed by atoms with Crippen LogP contribution in [0.2, 0.25) is 0 Å². The quantitative estimate of drug-likeness (QED) is 0.936. The standard InChI is InChI=1S/C20H18N2O3/c1-12-3-4-14(13(2)9-12)5-6-15-10-18(23)22-16-11-20(16,19(24)25)8-7-17(22)21-15/h3-10,16H,11H2,1-2H3,(H,24,25)/b6-5+. The van der Waals surface area contributed by atoms with E-state index < -0.39 is 11.4 Å². The van der Waals surface area contributed by atoms with E-state index in [1.807, 2.05) is 38.1 Å². The third kappa shape index (κ3) is 2.43. The first-order valence-electron chi connectivity index (χ1n) is 8.22. The summed E-state index contributed by atoms with van der Waals surface area (Å²) in [6, 6.07) is 7.34. The highest BCUT2D eigenvalue weighted by molar-refractivity contribution is 5.84. The molecular weight excluding hydrogens is 316 g/mol. The van der Waals surface area contributed by atoms with Crippen molar-refractivity contribution in [3.63, 3.8) is 0 Å². The molecule has 0 amide bonds. The van der Waals surface area contributed by atoms with Gasteiger partial charge >= 0.3 is 5.97 Å². The topological polar surface area (TPSA) is 72.2 Å². The molecule has 0 saturated heterocycles. The second kappa shape index (κ2) is 5.28. The third-order valence-corrected chi connectivity index (χ3v) is 5.06. The zero-order valence-corrected chi connectivity index (χ0v) is 14.1. The van der Waals surface area contributed by atoms with Gasteiger partial charge in [-0.3, -0.25) is 14.2 Å². The lowest BCUT2D eigenvalue weighted by Gasteiger charge is -2.17. The van der Waals surface area contributed by atoms with Crippen LogP contribution in [-0.2, 0) is 4.79 Å². The summed E-state index contributed by atoms with van der Waals surface area (Å²) in [4.78, 5) is 28.4.